The summed E-state index contributed by atoms with van der Waals surface area (Å²) in [5.74, 6) is 0.296. The van der Waals surface area contributed by atoms with Crippen LogP contribution in [0.15, 0.2) is 11.6 Å². The van der Waals surface area contributed by atoms with Crippen LogP contribution in [0.3, 0.4) is 0 Å². The van der Waals surface area contributed by atoms with Crippen molar-refractivity contribution in [2.45, 2.75) is 102 Å². The summed E-state index contributed by atoms with van der Waals surface area (Å²) in [6.07, 6.45) is 5.33. The molecule has 7 atom stereocenters. The average molecular weight is 626 g/mol. The van der Waals surface area contributed by atoms with Gasteiger partial charge in [-0.15, -0.1) is 0 Å². The molecule has 3 unspecified atom stereocenters. The van der Waals surface area contributed by atoms with E-state index >= 15 is 0 Å². The Labute approximate surface area is 262 Å². The molecule has 0 aromatic carbocycles. The zero-order valence-electron chi connectivity index (χ0n) is 27.5. The van der Waals surface area contributed by atoms with Crippen LogP contribution in [0.1, 0.15) is 66.7 Å². The lowest BCUT2D eigenvalue weighted by Crippen LogP contribution is -2.56. The van der Waals surface area contributed by atoms with Gasteiger partial charge in [0.2, 0.25) is 5.91 Å². The molecular weight excluding hydrogens is 570 g/mol. The van der Waals surface area contributed by atoms with Crippen LogP contribution in [0, 0.1) is 11.8 Å². The van der Waals surface area contributed by atoms with Crippen LogP contribution >= 0.6 is 0 Å². The summed E-state index contributed by atoms with van der Waals surface area (Å²) in [5.41, 5.74) is 0.615. The molecule has 2 amide bonds. The lowest BCUT2D eigenvalue weighted by Gasteiger charge is -2.42. The number of carbonyl (C=O) groups is 3. The largest absolute Gasteiger partial charge is 0.443 e. The lowest BCUT2D eigenvalue weighted by molar-refractivity contribution is -0.121. The summed E-state index contributed by atoms with van der Waals surface area (Å²) in [5, 5.41) is 8.64. The molecular formula is C32H55N3O9. The third-order valence-corrected chi connectivity index (χ3v) is 8.60. The molecule has 3 aliphatic rings. The molecule has 3 N–H and O–H groups in total. The molecule has 0 aromatic rings. The molecule has 2 saturated heterocycles. The van der Waals surface area contributed by atoms with E-state index in [4.69, 9.17) is 28.4 Å². The van der Waals surface area contributed by atoms with Crippen molar-refractivity contribution in [3.63, 3.8) is 0 Å². The molecule has 12 nitrogen and oxygen atoms in total. The van der Waals surface area contributed by atoms with Crippen molar-refractivity contribution in [3.05, 3.63) is 11.6 Å². The van der Waals surface area contributed by atoms with Crippen molar-refractivity contribution in [1.29, 1.82) is 0 Å². The lowest BCUT2D eigenvalue weighted by atomic mass is 9.68. The van der Waals surface area contributed by atoms with Gasteiger partial charge in [-0.3, -0.25) is 4.79 Å². The van der Waals surface area contributed by atoms with Gasteiger partial charge in [-0.25, -0.2) is 4.79 Å². The van der Waals surface area contributed by atoms with Crippen molar-refractivity contribution in [1.82, 2.24) is 16.0 Å². The maximum atomic E-state index is 12.6. The topological polar surface area (TPSA) is 149 Å². The normalized spacial score (nSPS) is 29.6. The van der Waals surface area contributed by atoms with Gasteiger partial charge in [-0.2, -0.15) is 0 Å². The molecule has 3 rings (SSSR count). The van der Waals surface area contributed by atoms with Crippen molar-refractivity contribution < 1.29 is 42.8 Å². The molecule has 2 aliphatic heterocycles. The Kier molecular flexibility index (Phi) is 14.5. The SMILES string of the molecule is COC1C(OC(=O)NCCOCCOCCNC(=O)CCN[C@H](C=O)CC(C)C)CC[C@]2(CO2)C1[C@@]1(C)O[C@@H]1CC=C(C)C. The second-order valence-electron chi connectivity index (χ2n) is 12.9. The first-order chi connectivity index (χ1) is 21.0. The summed E-state index contributed by atoms with van der Waals surface area (Å²) in [7, 11) is 1.66. The average Bonchev–Trinajstić information content (AvgIpc) is 3.89. The quantitative estimate of drug-likeness (QED) is 0.0752. The van der Waals surface area contributed by atoms with Gasteiger partial charge >= 0.3 is 6.09 Å². The first-order valence-corrected chi connectivity index (χ1v) is 16.1. The van der Waals surface area contributed by atoms with Crippen LogP contribution in [0.25, 0.3) is 0 Å². The van der Waals surface area contributed by atoms with Crippen LogP contribution in [0.5, 0.6) is 0 Å². The Morgan fingerprint density at radius 2 is 1.73 bits per heavy atom. The first kappa shape index (κ1) is 36.4. The monoisotopic (exact) mass is 625 g/mol. The van der Waals surface area contributed by atoms with E-state index in [0.717, 1.165) is 25.5 Å². The van der Waals surface area contributed by atoms with Gasteiger partial charge in [-0.1, -0.05) is 25.5 Å². The van der Waals surface area contributed by atoms with Crippen molar-refractivity contribution in [3.8, 4) is 0 Å². The minimum absolute atomic E-state index is 0.0218. The predicted octanol–water partition coefficient (Wildman–Crippen LogP) is 2.53. The van der Waals surface area contributed by atoms with Crippen LogP contribution in [0.4, 0.5) is 4.79 Å². The van der Waals surface area contributed by atoms with E-state index in [0.29, 0.717) is 71.4 Å². The number of amides is 2. The third kappa shape index (κ3) is 11.1. The van der Waals surface area contributed by atoms with E-state index in [9.17, 15) is 14.4 Å². The fourth-order valence-corrected chi connectivity index (χ4v) is 6.21. The molecule has 1 saturated carbocycles. The zero-order chi connectivity index (χ0) is 32.2. The summed E-state index contributed by atoms with van der Waals surface area (Å²) in [6, 6.07) is -0.220. The second kappa shape index (κ2) is 17.6. The Bertz CT molecular complexity index is 953. The van der Waals surface area contributed by atoms with E-state index in [-0.39, 0.29) is 41.3 Å². The summed E-state index contributed by atoms with van der Waals surface area (Å²) < 4.78 is 34.9. The highest BCUT2D eigenvalue weighted by Crippen LogP contribution is 2.59. The number of rotatable bonds is 21. The number of hydrogen-bond acceptors (Lipinski definition) is 10. The van der Waals surface area contributed by atoms with Gasteiger partial charge in [0, 0.05) is 33.2 Å². The van der Waals surface area contributed by atoms with Gasteiger partial charge in [0.15, 0.2) is 0 Å². The number of allylic oxidation sites excluding steroid dienone is 1. The Balaban J connectivity index is 1.23. The molecule has 2 heterocycles. The maximum absolute atomic E-state index is 12.6. The Hall–Kier alpha value is -2.09. The molecule has 12 heteroatoms. The van der Waals surface area contributed by atoms with Crippen LogP contribution in [-0.2, 0) is 38.0 Å². The summed E-state index contributed by atoms with van der Waals surface area (Å²) in [6.45, 7) is 13.6. The first-order valence-electron chi connectivity index (χ1n) is 16.1. The second-order valence-corrected chi connectivity index (χ2v) is 12.9. The highest BCUT2D eigenvalue weighted by atomic mass is 16.6. The van der Waals surface area contributed by atoms with Crippen LogP contribution in [0.2, 0.25) is 0 Å². The number of hydrogen-bond donors (Lipinski definition) is 3. The number of carbonyl (C=O) groups excluding carboxylic acids is 3. The highest BCUT2D eigenvalue weighted by molar-refractivity contribution is 5.76. The van der Waals surface area contributed by atoms with E-state index in [1.54, 1.807) is 7.11 Å². The third-order valence-electron chi connectivity index (χ3n) is 8.60. The smallest absolute Gasteiger partial charge is 0.407 e. The van der Waals surface area contributed by atoms with E-state index in [2.05, 4.69) is 56.6 Å². The molecule has 44 heavy (non-hydrogen) atoms. The minimum Gasteiger partial charge on any atom is -0.443 e. The summed E-state index contributed by atoms with van der Waals surface area (Å²) in [4.78, 5) is 35.6. The van der Waals surface area contributed by atoms with Crippen molar-refractivity contribution in [2.24, 2.45) is 11.8 Å². The van der Waals surface area contributed by atoms with Gasteiger partial charge in [-0.05, 0) is 52.4 Å². The molecule has 1 spiro atoms. The Morgan fingerprint density at radius 1 is 1.05 bits per heavy atom. The number of nitrogens with one attached hydrogen (secondary N) is 3. The molecule has 1 aliphatic carbocycles. The van der Waals surface area contributed by atoms with E-state index < -0.39 is 12.2 Å². The fourth-order valence-electron chi connectivity index (χ4n) is 6.21. The number of ether oxygens (including phenoxy) is 6. The van der Waals surface area contributed by atoms with Crippen molar-refractivity contribution >= 4 is 18.3 Å². The van der Waals surface area contributed by atoms with Crippen LogP contribution < -0.4 is 16.0 Å². The van der Waals surface area contributed by atoms with E-state index in [1.165, 1.54) is 5.57 Å². The maximum Gasteiger partial charge on any atom is 0.407 e. The van der Waals surface area contributed by atoms with Crippen LogP contribution in [-0.4, -0.2) is 114 Å². The number of aldehydes is 1. The van der Waals surface area contributed by atoms with E-state index in [1.807, 2.05) is 0 Å². The fraction of sp³-hybridized carbons (Fsp3) is 0.844. The number of methoxy groups -OCH3 is 1. The zero-order valence-corrected chi connectivity index (χ0v) is 27.5. The highest BCUT2D eigenvalue weighted by Gasteiger charge is 2.72. The molecule has 0 bridgehead atoms. The molecule has 3 fully saturated rings. The Morgan fingerprint density at radius 3 is 2.32 bits per heavy atom. The van der Waals surface area contributed by atoms with Gasteiger partial charge < -0.3 is 49.2 Å². The van der Waals surface area contributed by atoms with Gasteiger partial charge in [0.25, 0.3) is 0 Å². The standard InChI is InChI=1S/C32H55N3O9/c1-22(2)7-8-26-31(5,44-26)29-28(39-6)25(9-11-32(29)21-42-32)43-30(38)35-14-16-41-18-17-40-15-13-34-27(37)10-12-33-24(20-36)19-23(3)4/h7,20,23-26,28-29,33H,8-19,21H2,1-6H3,(H,34,37)(H,35,38)/t24-,25?,26+,28?,29?,31-,32-/m0/s1. The van der Waals surface area contributed by atoms with Crippen molar-refractivity contribution in [2.75, 3.05) is 59.8 Å². The number of alkyl carbamates (subject to hydrolysis) is 1. The van der Waals surface area contributed by atoms with Gasteiger partial charge in [0.05, 0.1) is 51.1 Å². The molecule has 252 valence electrons. The van der Waals surface area contributed by atoms with Gasteiger partial charge in [0.1, 0.15) is 29.7 Å². The molecule has 0 aromatic heterocycles. The number of epoxide rings is 2. The predicted molar refractivity (Wildman–Crippen MR) is 164 cm³/mol. The minimum atomic E-state index is -0.501. The molecule has 0 radical (unpaired) electrons. The summed E-state index contributed by atoms with van der Waals surface area (Å²) >= 11 is 0.